The lowest BCUT2D eigenvalue weighted by Gasteiger charge is -2.13. The van der Waals surface area contributed by atoms with E-state index in [2.05, 4.69) is 10.3 Å². The number of amides is 3. The van der Waals surface area contributed by atoms with Gasteiger partial charge in [-0.15, -0.1) is 0 Å². The molecular weight excluding hydrogens is 330 g/mol. The van der Waals surface area contributed by atoms with Crippen molar-refractivity contribution in [2.75, 3.05) is 11.9 Å². The largest absolute Gasteiger partial charge is 0.361 e. The van der Waals surface area contributed by atoms with Crippen molar-refractivity contribution in [1.82, 2.24) is 9.88 Å². The summed E-state index contributed by atoms with van der Waals surface area (Å²) >= 11 is 0. The van der Waals surface area contributed by atoms with Crippen LogP contribution in [0, 0.1) is 0 Å². The van der Waals surface area contributed by atoms with Crippen LogP contribution in [0.15, 0.2) is 54.7 Å². The molecule has 1 aromatic heterocycles. The second kappa shape index (κ2) is 6.48. The standard InChI is InChI=1S/C20H17N3O3/c24-18(22-17-8-3-7-16-15(17)10-11-21-16)9-4-12-23-19(25)13-5-1-2-6-14(13)20(23)26/h1-3,5-8,10-11,21H,4,9,12H2,(H,22,24). The van der Waals surface area contributed by atoms with E-state index in [4.69, 9.17) is 0 Å². The maximum atomic E-state index is 12.3. The number of fused-ring (bicyclic) bond motifs is 2. The zero-order valence-corrected chi connectivity index (χ0v) is 14.0. The van der Waals surface area contributed by atoms with Crippen LogP contribution in [-0.2, 0) is 4.79 Å². The predicted molar refractivity (Wildman–Crippen MR) is 98.0 cm³/mol. The highest BCUT2D eigenvalue weighted by atomic mass is 16.2. The molecule has 3 aromatic rings. The fourth-order valence-electron chi connectivity index (χ4n) is 3.25. The molecule has 3 amide bonds. The maximum Gasteiger partial charge on any atom is 0.261 e. The van der Waals surface area contributed by atoms with Gasteiger partial charge in [-0.3, -0.25) is 19.3 Å². The second-order valence-corrected chi connectivity index (χ2v) is 6.20. The van der Waals surface area contributed by atoms with Gasteiger partial charge in [0.2, 0.25) is 5.91 Å². The Bertz CT molecular complexity index is 987. The summed E-state index contributed by atoms with van der Waals surface area (Å²) in [4.78, 5) is 41.1. The first-order valence-corrected chi connectivity index (χ1v) is 8.46. The molecule has 1 aliphatic heterocycles. The summed E-state index contributed by atoms with van der Waals surface area (Å²) in [5.41, 5.74) is 2.56. The molecule has 0 fully saturated rings. The van der Waals surface area contributed by atoms with E-state index in [0.29, 0.717) is 17.5 Å². The average molecular weight is 347 g/mol. The van der Waals surface area contributed by atoms with Crippen LogP contribution >= 0.6 is 0 Å². The molecule has 6 nitrogen and oxygen atoms in total. The lowest BCUT2D eigenvalue weighted by molar-refractivity contribution is -0.116. The number of hydrogen-bond acceptors (Lipinski definition) is 3. The van der Waals surface area contributed by atoms with Crippen LogP contribution in [0.2, 0.25) is 0 Å². The minimum absolute atomic E-state index is 0.143. The Kier molecular flexibility index (Phi) is 4.01. The number of nitrogens with zero attached hydrogens (tertiary/aromatic N) is 1. The number of nitrogens with one attached hydrogen (secondary N) is 2. The van der Waals surface area contributed by atoms with Crippen LogP contribution in [0.1, 0.15) is 33.6 Å². The van der Waals surface area contributed by atoms with Gasteiger partial charge >= 0.3 is 0 Å². The van der Waals surface area contributed by atoms with Crippen LogP contribution in [-0.4, -0.2) is 34.2 Å². The van der Waals surface area contributed by atoms with Crippen LogP contribution in [0.25, 0.3) is 10.9 Å². The summed E-state index contributed by atoms with van der Waals surface area (Å²) in [5.74, 6) is -0.721. The van der Waals surface area contributed by atoms with Crippen molar-refractivity contribution in [1.29, 1.82) is 0 Å². The lowest BCUT2D eigenvalue weighted by Crippen LogP contribution is -2.31. The summed E-state index contributed by atoms with van der Waals surface area (Å²) in [6.07, 6.45) is 2.47. The van der Waals surface area contributed by atoms with Crippen molar-refractivity contribution < 1.29 is 14.4 Å². The average Bonchev–Trinajstić information content (AvgIpc) is 3.22. The number of hydrogen-bond donors (Lipinski definition) is 2. The molecule has 0 radical (unpaired) electrons. The number of anilines is 1. The van der Waals surface area contributed by atoms with Gasteiger partial charge in [-0.25, -0.2) is 0 Å². The highest BCUT2D eigenvalue weighted by Gasteiger charge is 2.34. The van der Waals surface area contributed by atoms with Gasteiger partial charge in [-0.1, -0.05) is 18.2 Å². The van der Waals surface area contributed by atoms with E-state index in [1.807, 2.05) is 30.5 Å². The van der Waals surface area contributed by atoms with Gasteiger partial charge < -0.3 is 10.3 Å². The minimum atomic E-state index is -0.289. The van der Waals surface area contributed by atoms with Gasteiger partial charge in [0.15, 0.2) is 0 Å². The zero-order chi connectivity index (χ0) is 18.1. The molecule has 2 heterocycles. The van der Waals surface area contributed by atoms with Crippen molar-refractivity contribution in [2.24, 2.45) is 0 Å². The van der Waals surface area contributed by atoms with Crippen molar-refractivity contribution in [2.45, 2.75) is 12.8 Å². The van der Waals surface area contributed by atoms with E-state index in [1.54, 1.807) is 24.3 Å². The van der Waals surface area contributed by atoms with Crippen LogP contribution in [0.5, 0.6) is 0 Å². The van der Waals surface area contributed by atoms with E-state index < -0.39 is 0 Å². The molecule has 0 spiro atoms. The predicted octanol–water partition coefficient (Wildman–Crippen LogP) is 3.18. The molecule has 2 aromatic carbocycles. The Morgan fingerprint density at radius 1 is 0.962 bits per heavy atom. The molecule has 1 aliphatic rings. The quantitative estimate of drug-likeness (QED) is 0.696. The number of benzene rings is 2. The number of aromatic amines is 1. The van der Waals surface area contributed by atoms with Crippen molar-refractivity contribution in [3.05, 3.63) is 65.9 Å². The summed E-state index contributed by atoms with van der Waals surface area (Å²) in [6.45, 7) is 0.230. The van der Waals surface area contributed by atoms with E-state index in [9.17, 15) is 14.4 Å². The highest BCUT2D eigenvalue weighted by Crippen LogP contribution is 2.24. The summed E-state index contributed by atoms with van der Waals surface area (Å²) in [5, 5.41) is 3.83. The molecule has 0 atom stereocenters. The van der Waals surface area contributed by atoms with E-state index in [1.165, 1.54) is 4.90 Å². The Labute approximate surface area is 149 Å². The first-order valence-electron chi connectivity index (χ1n) is 8.46. The normalized spacial score (nSPS) is 13.3. The molecule has 0 unspecified atom stereocenters. The smallest absolute Gasteiger partial charge is 0.261 e. The van der Waals surface area contributed by atoms with Crippen molar-refractivity contribution >= 4 is 34.3 Å². The third-order valence-corrected chi connectivity index (χ3v) is 4.53. The molecular formula is C20H17N3O3. The Balaban J connectivity index is 1.35. The number of H-pyrrole nitrogens is 1. The molecule has 0 aliphatic carbocycles. The Hall–Kier alpha value is -3.41. The third-order valence-electron chi connectivity index (χ3n) is 4.53. The fraction of sp³-hybridized carbons (Fsp3) is 0.150. The Morgan fingerprint density at radius 3 is 2.42 bits per heavy atom. The number of carbonyl (C=O) groups excluding carboxylic acids is 3. The second-order valence-electron chi connectivity index (χ2n) is 6.20. The zero-order valence-electron chi connectivity index (χ0n) is 14.0. The highest BCUT2D eigenvalue weighted by molar-refractivity contribution is 6.21. The number of aromatic nitrogens is 1. The molecule has 4 rings (SSSR count). The van der Waals surface area contributed by atoms with Crippen LogP contribution in [0.3, 0.4) is 0 Å². The molecule has 26 heavy (non-hydrogen) atoms. The monoisotopic (exact) mass is 347 g/mol. The first-order chi connectivity index (χ1) is 12.6. The first kappa shape index (κ1) is 16.1. The van der Waals surface area contributed by atoms with E-state index in [0.717, 1.165) is 16.6 Å². The van der Waals surface area contributed by atoms with Gasteiger partial charge in [0.25, 0.3) is 11.8 Å². The van der Waals surface area contributed by atoms with E-state index >= 15 is 0 Å². The fourth-order valence-corrected chi connectivity index (χ4v) is 3.25. The number of carbonyl (C=O) groups is 3. The molecule has 0 bridgehead atoms. The van der Waals surface area contributed by atoms with Crippen molar-refractivity contribution in [3.63, 3.8) is 0 Å². The summed E-state index contributed by atoms with van der Waals surface area (Å²) < 4.78 is 0. The summed E-state index contributed by atoms with van der Waals surface area (Å²) in [6, 6.07) is 14.3. The number of rotatable bonds is 5. The number of imide groups is 1. The molecule has 0 saturated carbocycles. The lowest BCUT2D eigenvalue weighted by atomic mass is 10.1. The van der Waals surface area contributed by atoms with E-state index in [-0.39, 0.29) is 30.7 Å². The van der Waals surface area contributed by atoms with Gasteiger partial charge in [0, 0.05) is 30.1 Å². The summed E-state index contributed by atoms with van der Waals surface area (Å²) in [7, 11) is 0. The third kappa shape index (κ3) is 2.75. The topological polar surface area (TPSA) is 82.3 Å². The van der Waals surface area contributed by atoms with Gasteiger partial charge in [0.05, 0.1) is 16.8 Å². The minimum Gasteiger partial charge on any atom is -0.361 e. The molecule has 0 saturated heterocycles. The van der Waals surface area contributed by atoms with Gasteiger partial charge in [-0.2, -0.15) is 0 Å². The molecule has 130 valence electrons. The van der Waals surface area contributed by atoms with Crippen molar-refractivity contribution in [3.8, 4) is 0 Å². The van der Waals surface area contributed by atoms with Crippen LogP contribution < -0.4 is 5.32 Å². The molecule has 2 N–H and O–H groups in total. The SMILES string of the molecule is O=C(CCCN1C(=O)c2ccccc2C1=O)Nc1cccc2[nH]ccc12. The molecule has 6 heteroatoms. The Morgan fingerprint density at radius 2 is 1.69 bits per heavy atom. The van der Waals surface area contributed by atoms with Gasteiger partial charge in [0.1, 0.15) is 0 Å². The van der Waals surface area contributed by atoms with Crippen LogP contribution in [0.4, 0.5) is 5.69 Å². The maximum absolute atomic E-state index is 12.3. The van der Waals surface area contributed by atoms with Gasteiger partial charge in [-0.05, 0) is 36.8 Å².